The molecule has 0 aliphatic carbocycles. The van der Waals surface area contributed by atoms with Gasteiger partial charge in [-0.1, -0.05) is 24.3 Å². The first-order valence-corrected chi connectivity index (χ1v) is 11.2. The summed E-state index contributed by atoms with van der Waals surface area (Å²) >= 11 is 3.63. The lowest BCUT2D eigenvalue weighted by molar-refractivity contribution is -0.120. The molecule has 2 aliphatic rings. The first-order valence-electron chi connectivity index (χ1n) is 9.46. The first kappa shape index (κ1) is 17.2. The van der Waals surface area contributed by atoms with Crippen LogP contribution >= 0.6 is 22.7 Å². The molecule has 2 aromatic heterocycles. The van der Waals surface area contributed by atoms with E-state index < -0.39 is 0 Å². The van der Waals surface area contributed by atoms with Gasteiger partial charge in [0.1, 0.15) is 0 Å². The van der Waals surface area contributed by atoms with E-state index in [1.165, 1.54) is 20.9 Å². The monoisotopic (exact) mass is 394 g/mol. The van der Waals surface area contributed by atoms with Crippen LogP contribution in [0.15, 0.2) is 53.2 Å². The molecule has 1 aromatic carbocycles. The van der Waals surface area contributed by atoms with E-state index in [9.17, 15) is 4.79 Å². The largest absolute Gasteiger partial charge is 0.308 e. The van der Waals surface area contributed by atoms with E-state index in [1.54, 1.807) is 11.3 Å². The van der Waals surface area contributed by atoms with Crippen LogP contribution in [0.25, 0.3) is 0 Å². The van der Waals surface area contributed by atoms with Gasteiger partial charge in [-0.05, 0) is 59.9 Å². The minimum atomic E-state index is 0.206. The second kappa shape index (κ2) is 6.89. The van der Waals surface area contributed by atoms with Gasteiger partial charge in [-0.15, -0.1) is 22.7 Å². The molecule has 0 radical (unpaired) electrons. The van der Waals surface area contributed by atoms with Crippen molar-refractivity contribution >= 4 is 34.3 Å². The van der Waals surface area contributed by atoms with Crippen LogP contribution in [0.4, 0.5) is 5.69 Å². The SMILES string of the molecule is C[C@@H]1Cc2ccccc2N1C(=O)CN1CCc2sccc2[C@@H]1c1cccs1. The lowest BCUT2D eigenvalue weighted by Crippen LogP contribution is -2.46. The zero-order valence-corrected chi connectivity index (χ0v) is 16.9. The molecular weight excluding hydrogens is 372 g/mol. The van der Waals surface area contributed by atoms with Crippen LogP contribution in [-0.4, -0.2) is 29.9 Å². The molecule has 0 spiro atoms. The molecule has 0 unspecified atom stereocenters. The van der Waals surface area contributed by atoms with Crippen LogP contribution in [0.5, 0.6) is 0 Å². The van der Waals surface area contributed by atoms with Gasteiger partial charge in [0, 0.05) is 28.0 Å². The van der Waals surface area contributed by atoms with Crippen molar-refractivity contribution in [3.8, 4) is 0 Å². The summed E-state index contributed by atoms with van der Waals surface area (Å²) in [5.41, 5.74) is 3.76. The van der Waals surface area contributed by atoms with Crippen molar-refractivity contribution in [1.82, 2.24) is 4.90 Å². The van der Waals surface area contributed by atoms with Crippen molar-refractivity contribution in [2.24, 2.45) is 0 Å². The van der Waals surface area contributed by atoms with E-state index in [0.717, 1.165) is 25.1 Å². The molecule has 0 saturated carbocycles. The molecule has 1 amide bonds. The van der Waals surface area contributed by atoms with Crippen LogP contribution in [0.2, 0.25) is 0 Å². The lowest BCUT2D eigenvalue weighted by Gasteiger charge is -2.36. The standard InChI is InChI=1S/C22H22N2OS2/c1-15-13-16-5-2-3-6-18(16)24(15)21(25)14-23-10-8-19-17(9-12-27-19)22(23)20-7-4-11-26-20/h2-7,9,11-12,15,22H,8,10,13-14H2,1H3/t15-,22-/m1/s1. The van der Waals surface area contributed by atoms with Crippen molar-refractivity contribution in [2.45, 2.75) is 31.8 Å². The smallest absolute Gasteiger partial charge is 0.241 e. The summed E-state index contributed by atoms with van der Waals surface area (Å²) in [7, 11) is 0. The Morgan fingerprint density at radius 3 is 2.85 bits per heavy atom. The molecule has 3 aromatic rings. The van der Waals surface area contributed by atoms with E-state index >= 15 is 0 Å². The highest BCUT2D eigenvalue weighted by molar-refractivity contribution is 7.10. The Morgan fingerprint density at radius 1 is 1.11 bits per heavy atom. The van der Waals surface area contributed by atoms with Gasteiger partial charge in [0.25, 0.3) is 0 Å². The molecule has 5 rings (SSSR count). The topological polar surface area (TPSA) is 23.6 Å². The van der Waals surface area contributed by atoms with E-state index in [4.69, 9.17) is 0 Å². The van der Waals surface area contributed by atoms with Crippen molar-refractivity contribution in [3.05, 3.63) is 74.1 Å². The summed E-state index contributed by atoms with van der Waals surface area (Å²) in [5, 5.41) is 4.32. The Labute approximate surface area is 167 Å². The number of carbonyl (C=O) groups excluding carboxylic acids is 1. The number of rotatable bonds is 3. The predicted molar refractivity (Wildman–Crippen MR) is 113 cm³/mol. The number of amides is 1. The molecule has 0 fully saturated rings. The summed E-state index contributed by atoms with van der Waals surface area (Å²) in [6.07, 6.45) is 1.99. The van der Waals surface area contributed by atoms with Gasteiger partial charge >= 0.3 is 0 Å². The zero-order chi connectivity index (χ0) is 18.4. The van der Waals surface area contributed by atoms with Gasteiger partial charge in [0.05, 0.1) is 12.6 Å². The second-order valence-corrected chi connectivity index (χ2v) is 9.36. The van der Waals surface area contributed by atoms with Gasteiger partial charge in [0.2, 0.25) is 5.91 Å². The molecule has 27 heavy (non-hydrogen) atoms. The number of benzene rings is 1. The van der Waals surface area contributed by atoms with Crippen molar-refractivity contribution in [2.75, 3.05) is 18.0 Å². The summed E-state index contributed by atoms with van der Waals surface area (Å²) < 4.78 is 0. The third-order valence-electron chi connectivity index (χ3n) is 5.69. The van der Waals surface area contributed by atoms with E-state index in [1.807, 2.05) is 22.3 Å². The fraction of sp³-hybridized carbons (Fsp3) is 0.318. The highest BCUT2D eigenvalue weighted by Crippen LogP contribution is 2.40. The third-order valence-corrected chi connectivity index (χ3v) is 7.61. The molecule has 0 N–H and O–H groups in total. The lowest BCUT2D eigenvalue weighted by atomic mass is 9.98. The maximum atomic E-state index is 13.3. The molecule has 0 bridgehead atoms. The number of hydrogen-bond donors (Lipinski definition) is 0. The number of hydrogen-bond acceptors (Lipinski definition) is 4. The van der Waals surface area contributed by atoms with Crippen LogP contribution in [0.3, 0.4) is 0 Å². The van der Waals surface area contributed by atoms with Crippen molar-refractivity contribution in [1.29, 1.82) is 0 Å². The molecule has 4 heterocycles. The Balaban J connectivity index is 1.44. The average molecular weight is 395 g/mol. The zero-order valence-electron chi connectivity index (χ0n) is 15.3. The summed E-state index contributed by atoms with van der Waals surface area (Å²) in [5.74, 6) is 0.215. The Bertz CT molecular complexity index is 962. The van der Waals surface area contributed by atoms with Gasteiger partial charge in [-0.25, -0.2) is 0 Å². The Kier molecular flexibility index (Phi) is 4.38. The van der Waals surface area contributed by atoms with E-state index in [2.05, 4.69) is 59.0 Å². The number of para-hydroxylation sites is 1. The molecule has 2 aliphatic heterocycles. The van der Waals surface area contributed by atoms with Crippen LogP contribution in [0, 0.1) is 0 Å². The quantitative estimate of drug-likeness (QED) is 0.641. The number of carbonyl (C=O) groups is 1. The highest BCUT2D eigenvalue weighted by atomic mass is 32.1. The van der Waals surface area contributed by atoms with Crippen molar-refractivity contribution < 1.29 is 4.79 Å². The fourth-order valence-electron chi connectivity index (χ4n) is 4.51. The highest BCUT2D eigenvalue weighted by Gasteiger charge is 2.35. The normalized spacial score (nSPS) is 21.9. The van der Waals surface area contributed by atoms with Crippen LogP contribution in [-0.2, 0) is 17.6 Å². The van der Waals surface area contributed by atoms with Gasteiger partial charge < -0.3 is 4.90 Å². The number of anilines is 1. The molecule has 2 atom stereocenters. The number of thiophene rings is 2. The average Bonchev–Trinajstić information content (AvgIpc) is 3.40. The minimum Gasteiger partial charge on any atom is -0.308 e. The number of fused-ring (bicyclic) bond motifs is 2. The maximum absolute atomic E-state index is 13.3. The maximum Gasteiger partial charge on any atom is 0.241 e. The van der Waals surface area contributed by atoms with Crippen LogP contribution < -0.4 is 4.90 Å². The first-order chi connectivity index (χ1) is 13.2. The minimum absolute atomic E-state index is 0.206. The van der Waals surface area contributed by atoms with Gasteiger partial charge in [0.15, 0.2) is 0 Å². The summed E-state index contributed by atoms with van der Waals surface area (Å²) in [6, 6.07) is 15.3. The predicted octanol–water partition coefficient (Wildman–Crippen LogP) is 4.73. The summed E-state index contributed by atoms with van der Waals surface area (Å²) in [4.78, 5) is 20.5. The fourth-order valence-corrected chi connectivity index (χ4v) is 6.29. The Hall–Kier alpha value is -1.95. The second-order valence-electron chi connectivity index (χ2n) is 7.38. The third kappa shape index (κ3) is 2.94. The van der Waals surface area contributed by atoms with Gasteiger partial charge in [-0.2, -0.15) is 0 Å². The Morgan fingerprint density at radius 2 is 2.00 bits per heavy atom. The van der Waals surface area contributed by atoms with Crippen LogP contribution in [0.1, 0.15) is 33.8 Å². The van der Waals surface area contributed by atoms with E-state index in [0.29, 0.717) is 6.54 Å². The molecule has 5 heteroatoms. The molecule has 0 saturated heterocycles. The molecule has 3 nitrogen and oxygen atoms in total. The van der Waals surface area contributed by atoms with Gasteiger partial charge in [-0.3, -0.25) is 9.69 Å². The van der Waals surface area contributed by atoms with E-state index in [-0.39, 0.29) is 18.0 Å². The molecular formula is C22H22N2OS2. The summed E-state index contributed by atoms with van der Waals surface area (Å²) in [6.45, 7) is 3.56. The van der Waals surface area contributed by atoms with Crippen molar-refractivity contribution in [3.63, 3.8) is 0 Å². The molecule has 138 valence electrons. The number of nitrogens with zero attached hydrogens (tertiary/aromatic N) is 2.